The predicted octanol–water partition coefficient (Wildman–Crippen LogP) is 3.13. The quantitative estimate of drug-likeness (QED) is 0.581. The van der Waals surface area contributed by atoms with E-state index >= 15 is 0 Å². The Morgan fingerprint density at radius 1 is 1.15 bits per heavy atom. The van der Waals surface area contributed by atoms with Crippen LogP contribution in [-0.4, -0.2) is 36.1 Å². The van der Waals surface area contributed by atoms with Gasteiger partial charge >= 0.3 is 11.9 Å². The third kappa shape index (κ3) is 3.70. The highest BCUT2D eigenvalue weighted by Gasteiger charge is 2.50. The first-order valence-corrected chi connectivity index (χ1v) is 9.43. The van der Waals surface area contributed by atoms with Crippen LogP contribution in [0.4, 0.5) is 0 Å². The monoisotopic (exact) mass is 302 g/mol. The van der Waals surface area contributed by atoms with Crippen molar-refractivity contribution in [3.8, 4) is 0 Å². The Kier molecular flexibility index (Phi) is 5.37. The lowest BCUT2D eigenvalue weighted by Gasteiger charge is -2.44. The van der Waals surface area contributed by atoms with Gasteiger partial charge in [-0.3, -0.25) is 0 Å². The number of carbonyl (C=O) groups is 2. The summed E-state index contributed by atoms with van der Waals surface area (Å²) in [5.74, 6) is -3.20. The molecule has 0 aliphatic rings. The van der Waals surface area contributed by atoms with E-state index in [4.69, 9.17) is 9.53 Å². The maximum atomic E-state index is 11.7. The molecule has 2 unspecified atom stereocenters. The first kappa shape index (κ1) is 18.9. The van der Waals surface area contributed by atoms with Crippen LogP contribution in [0.3, 0.4) is 0 Å². The van der Waals surface area contributed by atoms with Gasteiger partial charge in [-0.2, -0.15) is 0 Å². The van der Waals surface area contributed by atoms with Crippen molar-refractivity contribution >= 4 is 20.3 Å². The van der Waals surface area contributed by atoms with Crippen LogP contribution in [0.1, 0.15) is 34.6 Å². The van der Waals surface area contributed by atoms with Gasteiger partial charge in [0.15, 0.2) is 13.9 Å². The molecule has 0 saturated carbocycles. The molecule has 5 nitrogen and oxygen atoms in total. The number of aliphatic carboxylic acids is 2. The summed E-state index contributed by atoms with van der Waals surface area (Å²) in [4.78, 5) is 22.7. The summed E-state index contributed by atoms with van der Waals surface area (Å²) in [5.41, 5.74) is -1.76. The molecule has 2 atom stereocenters. The molecule has 0 aromatic rings. The van der Waals surface area contributed by atoms with Crippen LogP contribution in [0.15, 0.2) is 12.2 Å². The Morgan fingerprint density at radius 2 is 1.55 bits per heavy atom. The summed E-state index contributed by atoms with van der Waals surface area (Å²) in [7, 11) is -2.36. The highest BCUT2D eigenvalue weighted by atomic mass is 28.4. The molecule has 20 heavy (non-hydrogen) atoms. The summed E-state index contributed by atoms with van der Waals surface area (Å²) >= 11 is 0. The molecule has 0 rings (SSSR count). The van der Waals surface area contributed by atoms with Gasteiger partial charge in [-0.05, 0) is 25.1 Å². The van der Waals surface area contributed by atoms with Gasteiger partial charge in [0.2, 0.25) is 0 Å². The van der Waals surface area contributed by atoms with Gasteiger partial charge in [-0.1, -0.05) is 34.3 Å². The molecule has 0 radical (unpaired) electrons. The number of hydrogen-bond acceptors (Lipinski definition) is 3. The van der Waals surface area contributed by atoms with E-state index in [9.17, 15) is 14.7 Å². The zero-order valence-electron chi connectivity index (χ0n) is 13.4. The summed E-state index contributed by atoms with van der Waals surface area (Å²) < 4.78 is 6.00. The molecular weight excluding hydrogens is 276 g/mol. The average molecular weight is 302 g/mol. The van der Waals surface area contributed by atoms with E-state index in [0.717, 1.165) is 0 Å². The predicted molar refractivity (Wildman–Crippen MR) is 80.3 cm³/mol. The molecule has 0 aromatic carbocycles. The Bertz CT molecular complexity index is 422. The first-order valence-electron chi connectivity index (χ1n) is 6.52. The number of carboxylic acids is 2. The van der Waals surface area contributed by atoms with Crippen LogP contribution < -0.4 is 0 Å². The number of hydrogen-bond donors (Lipinski definition) is 2. The van der Waals surface area contributed by atoms with Crippen LogP contribution in [0, 0.1) is 5.92 Å². The van der Waals surface area contributed by atoms with Gasteiger partial charge in [0, 0.05) is 11.5 Å². The molecule has 0 aliphatic heterocycles. The van der Waals surface area contributed by atoms with Crippen LogP contribution in [0.25, 0.3) is 0 Å². The fourth-order valence-corrected chi connectivity index (χ4v) is 3.15. The topological polar surface area (TPSA) is 83.8 Å². The van der Waals surface area contributed by atoms with E-state index in [0.29, 0.717) is 0 Å². The second kappa shape index (κ2) is 5.69. The van der Waals surface area contributed by atoms with Crippen LogP contribution in [0.2, 0.25) is 18.1 Å². The molecule has 6 heteroatoms. The number of carboxylic acid groups (broad SMARTS) is 2. The van der Waals surface area contributed by atoms with Crippen LogP contribution in [0.5, 0.6) is 0 Å². The second-order valence-corrected chi connectivity index (χ2v) is 11.6. The smallest absolute Gasteiger partial charge is 0.335 e. The van der Waals surface area contributed by atoms with Gasteiger partial charge in [-0.15, -0.1) is 0 Å². The second-order valence-electron chi connectivity index (χ2n) is 6.83. The fraction of sp³-hybridized carbons (Fsp3) is 0.714. The Hall–Kier alpha value is -1.14. The van der Waals surface area contributed by atoms with E-state index in [-0.39, 0.29) is 10.6 Å². The normalized spacial score (nSPS) is 17.1. The maximum absolute atomic E-state index is 11.7. The van der Waals surface area contributed by atoms with E-state index in [1.165, 1.54) is 13.8 Å². The van der Waals surface area contributed by atoms with Crippen LogP contribution >= 0.6 is 0 Å². The van der Waals surface area contributed by atoms with Gasteiger partial charge in [-0.25, -0.2) is 9.59 Å². The number of rotatable bonds is 6. The van der Waals surface area contributed by atoms with Crippen molar-refractivity contribution in [1.82, 2.24) is 0 Å². The minimum Gasteiger partial charge on any atom is -0.479 e. The molecule has 0 fully saturated rings. The molecule has 0 spiro atoms. The van der Waals surface area contributed by atoms with Crippen molar-refractivity contribution in [2.24, 2.45) is 5.92 Å². The van der Waals surface area contributed by atoms with Crippen molar-refractivity contribution in [1.29, 1.82) is 0 Å². The molecular formula is C14H26O5Si. The molecule has 0 saturated heterocycles. The van der Waals surface area contributed by atoms with Gasteiger partial charge in [0.05, 0.1) is 0 Å². The Labute approximate surface area is 121 Å². The lowest BCUT2D eigenvalue weighted by molar-refractivity contribution is -0.158. The molecule has 2 N–H and O–H groups in total. The lowest BCUT2D eigenvalue weighted by Crippen LogP contribution is -2.55. The van der Waals surface area contributed by atoms with E-state index in [2.05, 4.69) is 6.58 Å². The molecule has 0 heterocycles. The molecule has 0 bridgehead atoms. The van der Waals surface area contributed by atoms with Crippen molar-refractivity contribution < 1.29 is 24.2 Å². The summed E-state index contributed by atoms with van der Waals surface area (Å²) in [6, 6.07) is 0. The molecule has 116 valence electrons. The molecule has 0 aliphatic carbocycles. The zero-order chi connectivity index (χ0) is 16.5. The standard InChI is InChI=1S/C14H26O5Si/c1-9(11(15)16)10(2)14(6,12(17)18)19-20(7,8)13(3,4)5/h10H,1H2,2-8H3,(H,15,16)(H,17,18). The van der Waals surface area contributed by atoms with Crippen LogP contribution in [-0.2, 0) is 14.0 Å². The highest BCUT2D eigenvalue weighted by Crippen LogP contribution is 2.41. The van der Waals surface area contributed by atoms with Gasteiger partial charge < -0.3 is 14.6 Å². The van der Waals surface area contributed by atoms with Crippen molar-refractivity contribution in [3.05, 3.63) is 12.2 Å². The summed E-state index contributed by atoms with van der Waals surface area (Å²) in [5, 5.41) is 18.4. The SMILES string of the molecule is C=C(C(=O)O)C(C)C(C)(O[Si](C)(C)C(C)(C)C)C(=O)O. The molecule has 0 amide bonds. The Morgan fingerprint density at radius 3 is 1.80 bits per heavy atom. The zero-order valence-corrected chi connectivity index (χ0v) is 14.4. The van der Waals surface area contributed by atoms with Crippen molar-refractivity contribution in [2.45, 2.75) is 58.4 Å². The van der Waals surface area contributed by atoms with Crippen molar-refractivity contribution in [3.63, 3.8) is 0 Å². The van der Waals surface area contributed by atoms with E-state index in [1.807, 2.05) is 33.9 Å². The Balaban J connectivity index is 5.61. The van der Waals surface area contributed by atoms with E-state index in [1.54, 1.807) is 0 Å². The van der Waals surface area contributed by atoms with Gasteiger partial charge in [0.1, 0.15) is 0 Å². The first-order chi connectivity index (χ1) is 8.67. The minimum atomic E-state index is -2.36. The van der Waals surface area contributed by atoms with Gasteiger partial charge in [0.25, 0.3) is 0 Å². The fourth-order valence-electron chi connectivity index (χ4n) is 1.52. The lowest BCUT2D eigenvalue weighted by atomic mass is 9.85. The average Bonchev–Trinajstić information content (AvgIpc) is 2.24. The molecule has 0 aromatic heterocycles. The third-order valence-electron chi connectivity index (χ3n) is 4.32. The largest absolute Gasteiger partial charge is 0.479 e. The summed E-state index contributed by atoms with van der Waals surface area (Å²) in [6.07, 6.45) is 0. The summed E-state index contributed by atoms with van der Waals surface area (Å²) in [6.45, 7) is 16.3. The van der Waals surface area contributed by atoms with Crippen molar-refractivity contribution in [2.75, 3.05) is 0 Å². The van der Waals surface area contributed by atoms with E-state index < -0.39 is 31.8 Å². The third-order valence-corrected chi connectivity index (χ3v) is 8.87. The maximum Gasteiger partial charge on any atom is 0.335 e. The minimum absolute atomic E-state index is 0.159. The highest BCUT2D eigenvalue weighted by molar-refractivity contribution is 6.74.